The summed E-state index contributed by atoms with van der Waals surface area (Å²) in [6.45, 7) is 6.36. The van der Waals surface area contributed by atoms with Crippen molar-refractivity contribution in [3.63, 3.8) is 0 Å². The van der Waals surface area contributed by atoms with E-state index in [0.717, 1.165) is 23.3 Å². The third kappa shape index (κ3) is 2.47. The van der Waals surface area contributed by atoms with Crippen molar-refractivity contribution in [1.29, 1.82) is 0 Å². The second kappa shape index (κ2) is 5.03. The minimum absolute atomic E-state index is 0.573. The van der Waals surface area contributed by atoms with E-state index in [0.29, 0.717) is 5.92 Å². The zero-order valence-electron chi connectivity index (χ0n) is 10.8. The van der Waals surface area contributed by atoms with E-state index in [-0.39, 0.29) is 0 Å². The maximum Gasteiger partial charge on any atom is 0.197 e. The fraction of sp³-hybridized carbons (Fsp3) is 0.786. The summed E-state index contributed by atoms with van der Waals surface area (Å²) in [5.74, 6) is 3.49. The van der Waals surface area contributed by atoms with Crippen LogP contribution in [0.2, 0.25) is 0 Å². The molecule has 1 aromatic heterocycles. The molecular formula is C14H23NO. The first-order chi connectivity index (χ1) is 7.70. The molecule has 1 aliphatic carbocycles. The lowest BCUT2D eigenvalue weighted by Gasteiger charge is -2.10. The van der Waals surface area contributed by atoms with Crippen LogP contribution in [-0.2, 0) is 0 Å². The Bertz CT molecular complexity index is 323. The molecule has 2 heteroatoms. The average Bonchev–Trinajstić information content (AvgIpc) is 2.53. The summed E-state index contributed by atoms with van der Waals surface area (Å²) in [5.41, 5.74) is 1.06. The monoisotopic (exact) mass is 221 g/mol. The van der Waals surface area contributed by atoms with Gasteiger partial charge in [0.05, 0.1) is 5.69 Å². The Kier molecular flexibility index (Phi) is 3.67. The summed E-state index contributed by atoms with van der Waals surface area (Å²) in [4.78, 5) is 4.56. The van der Waals surface area contributed by atoms with E-state index in [4.69, 9.17) is 4.42 Å². The van der Waals surface area contributed by atoms with E-state index < -0.39 is 0 Å². The van der Waals surface area contributed by atoms with Gasteiger partial charge in [-0.2, -0.15) is 0 Å². The molecular weight excluding hydrogens is 198 g/mol. The van der Waals surface area contributed by atoms with E-state index in [1.807, 2.05) is 13.8 Å². The van der Waals surface area contributed by atoms with Gasteiger partial charge in [-0.15, -0.1) is 0 Å². The van der Waals surface area contributed by atoms with Crippen molar-refractivity contribution in [2.45, 2.75) is 65.2 Å². The molecule has 1 saturated carbocycles. The lowest BCUT2D eigenvalue weighted by Crippen LogP contribution is -1.99. The van der Waals surface area contributed by atoms with Crippen molar-refractivity contribution in [3.8, 4) is 0 Å². The molecule has 2 rings (SSSR count). The van der Waals surface area contributed by atoms with Gasteiger partial charge in [0.2, 0.25) is 0 Å². The fourth-order valence-corrected chi connectivity index (χ4v) is 2.71. The molecule has 1 aromatic rings. The highest BCUT2D eigenvalue weighted by molar-refractivity contribution is 5.08. The highest BCUT2D eigenvalue weighted by Crippen LogP contribution is 2.35. The minimum atomic E-state index is 0.573. The Hall–Kier alpha value is -0.790. The normalized spacial score (nSPS) is 26.7. The molecule has 0 amide bonds. The van der Waals surface area contributed by atoms with E-state index in [1.54, 1.807) is 0 Å². The number of oxazole rings is 1. The van der Waals surface area contributed by atoms with Crippen molar-refractivity contribution < 1.29 is 4.42 Å². The van der Waals surface area contributed by atoms with Crippen LogP contribution in [0.15, 0.2) is 4.42 Å². The third-order valence-corrected chi connectivity index (χ3v) is 4.06. The Morgan fingerprint density at radius 2 is 2.00 bits per heavy atom. The minimum Gasteiger partial charge on any atom is -0.445 e. The smallest absolute Gasteiger partial charge is 0.197 e. The predicted molar refractivity (Wildman–Crippen MR) is 65.6 cm³/mol. The molecule has 0 saturated heterocycles. The van der Waals surface area contributed by atoms with Crippen LogP contribution < -0.4 is 0 Å². The van der Waals surface area contributed by atoms with Gasteiger partial charge in [0, 0.05) is 5.92 Å². The second-order valence-corrected chi connectivity index (χ2v) is 5.17. The number of hydrogen-bond donors (Lipinski definition) is 0. The molecule has 2 atom stereocenters. The molecule has 1 fully saturated rings. The van der Waals surface area contributed by atoms with Crippen molar-refractivity contribution >= 4 is 0 Å². The molecule has 2 unspecified atom stereocenters. The van der Waals surface area contributed by atoms with E-state index in [2.05, 4.69) is 11.9 Å². The summed E-state index contributed by atoms with van der Waals surface area (Å²) in [5, 5.41) is 0. The third-order valence-electron chi connectivity index (χ3n) is 4.06. The quantitative estimate of drug-likeness (QED) is 0.693. The first kappa shape index (κ1) is 11.7. The lowest BCUT2D eigenvalue weighted by atomic mass is 9.96. The second-order valence-electron chi connectivity index (χ2n) is 5.17. The highest BCUT2D eigenvalue weighted by atomic mass is 16.4. The summed E-state index contributed by atoms with van der Waals surface area (Å²) in [6.07, 6.45) is 7.93. The molecule has 1 heterocycles. The number of rotatable bonds is 2. The predicted octanol–water partition coefficient (Wildman–Crippen LogP) is 4.37. The Balaban J connectivity index is 2.04. The van der Waals surface area contributed by atoms with E-state index in [1.165, 1.54) is 38.5 Å². The first-order valence-corrected chi connectivity index (χ1v) is 6.64. The Morgan fingerprint density at radius 1 is 1.19 bits per heavy atom. The molecule has 16 heavy (non-hydrogen) atoms. The molecule has 0 N–H and O–H groups in total. The number of aryl methyl sites for hydroxylation is 2. The summed E-state index contributed by atoms with van der Waals surface area (Å²) in [6, 6.07) is 0. The van der Waals surface area contributed by atoms with Crippen LogP contribution in [0.25, 0.3) is 0 Å². The number of nitrogens with zero attached hydrogens (tertiary/aromatic N) is 1. The van der Waals surface area contributed by atoms with Crippen molar-refractivity contribution in [1.82, 2.24) is 4.98 Å². The van der Waals surface area contributed by atoms with Crippen LogP contribution in [0.3, 0.4) is 0 Å². The van der Waals surface area contributed by atoms with Crippen LogP contribution in [0.4, 0.5) is 0 Å². The molecule has 0 radical (unpaired) electrons. The van der Waals surface area contributed by atoms with E-state index in [9.17, 15) is 0 Å². The van der Waals surface area contributed by atoms with Crippen LogP contribution in [0.5, 0.6) is 0 Å². The summed E-state index contributed by atoms with van der Waals surface area (Å²) >= 11 is 0. The van der Waals surface area contributed by atoms with Gasteiger partial charge in [-0.1, -0.05) is 26.2 Å². The van der Waals surface area contributed by atoms with Gasteiger partial charge < -0.3 is 4.42 Å². The molecule has 90 valence electrons. The Labute approximate surface area is 98.5 Å². The van der Waals surface area contributed by atoms with Crippen LogP contribution >= 0.6 is 0 Å². The van der Waals surface area contributed by atoms with E-state index >= 15 is 0 Å². The number of aromatic nitrogens is 1. The van der Waals surface area contributed by atoms with Crippen molar-refractivity contribution in [3.05, 3.63) is 17.3 Å². The van der Waals surface area contributed by atoms with Gasteiger partial charge in [0.15, 0.2) is 5.89 Å². The molecule has 0 spiro atoms. The van der Waals surface area contributed by atoms with Crippen LogP contribution in [0, 0.1) is 19.8 Å². The largest absolute Gasteiger partial charge is 0.445 e. The fourth-order valence-electron chi connectivity index (χ4n) is 2.71. The molecule has 0 aromatic carbocycles. The van der Waals surface area contributed by atoms with Crippen LogP contribution in [0.1, 0.15) is 68.7 Å². The molecule has 0 aliphatic heterocycles. The topological polar surface area (TPSA) is 26.0 Å². The van der Waals surface area contributed by atoms with Gasteiger partial charge in [0.25, 0.3) is 0 Å². The van der Waals surface area contributed by atoms with Gasteiger partial charge >= 0.3 is 0 Å². The van der Waals surface area contributed by atoms with Gasteiger partial charge in [0.1, 0.15) is 5.76 Å². The molecule has 1 aliphatic rings. The van der Waals surface area contributed by atoms with Crippen LogP contribution in [-0.4, -0.2) is 4.98 Å². The number of hydrogen-bond acceptors (Lipinski definition) is 2. The SMILES string of the molecule is CCC1CCCC(c2nc(C)c(C)o2)CC1. The summed E-state index contributed by atoms with van der Waals surface area (Å²) in [7, 11) is 0. The Morgan fingerprint density at radius 3 is 2.62 bits per heavy atom. The van der Waals surface area contributed by atoms with Crippen molar-refractivity contribution in [2.75, 3.05) is 0 Å². The van der Waals surface area contributed by atoms with Gasteiger partial charge in [-0.3, -0.25) is 0 Å². The molecule has 2 nitrogen and oxygen atoms in total. The standard InChI is InChI=1S/C14H23NO/c1-4-12-6-5-7-13(9-8-12)14-15-10(2)11(3)16-14/h12-13H,4-9H2,1-3H3. The zero-order chi connectivity index (χ0) is 11.5. The highest BCUT2D eigenvalue weighted by Gasteiger charge is 2.23. The first-order valence-electron chi connectivity index (χ1n) is 6.64. The van der Waals surface area contributed by atoms with Crippen molar-refractivity contribution in [2.24, 2.45) is 5.92 Å². The zero-order valence-corrected chi connectivity index (χ0v) is 10.8. The maximum absolute atomic E-state index is 5.77. The maximum atomic E-state index is 5.77. The lowest BCUT2D eigenvalue weighted by molar-refractivity contribution is 0.397. The summed E-state index contributed by atoms with van der Waals surface area (Å²) < 4.78 is 5.77. The van der Waals surface area contributed by atoms with Gasteiger partial charge in [-0.05, 0) is 39.0 Å². The average molecular weight is 221 g/mol. The van der Waals surface area contributed by atoms with Gasteiger partial charge in [-0.25, -0.2) is 4.98 Å². The molecule has 0 bridgehead atoms.